The fourth-order valence-electron chi connectivity index (χ4n) is 2.45. The van der Waals surface area contributed by atoms with Crippen molar-refractivity contribution in [2.45, 2.75) is 38.8 Å². The molecule has 1 aliphatic heterocycles. The van der Waals surface area contributed by atoms with Crippen LogP contribution in [0.1, 0.15) is 27.2 Å². The number of halogens is 2. The Balaban J connectivity index is 2.29. The van der Waals surface area contributed by atoms with Gasteiger partial charge >= 0.3 is 0 Å². The molecule has 1 unspecified atom stereocenters. The van der Waals surface area contributed by atoms with Crippen molar-refractivity contribution in [2.24, 2.45) is 0 Å². The van der Waals surface area contributed by atoms with Gasteiger partial charge in [0, 0.05) is 30.4 Å². The maximum Gasteiger partial charge on any atom is 0.143 e. The van der Waals surface area contributed by atoms with Crippen LogP contribution in [0.5, 0.6) is 0 Å². The minimum atomic E-state index is -0.347. The van der Waals surface area contributed by atoms with Crippen LogP contribution in [0.25, 0.3) is 0 Å². The van der Waals surface area contributed by atoms with Gasteiger partial charge in [0.15, 0.2) is 0 Å². The Morgan fingerprint density at radius 2 is 2.22 bits per heavy atom. The molecule has 0 saturated carbocycles. The van der Waals surface area contributed by atoms with Crippen molar-refractivity contribution in [1.29, 1.82) is 0 Å². The molecular weight excluding hydrogens is 251 g/mol. The molecule has 100 valence electrons. The average molecular weight is 271 g/mol. The van der Waals surface area contributed by atoms with Gasteiger partial charge in [0.2, 0.25) is 0 Å². The zero-order valence-electron chi connectivity index (χ0n) is 11.1. The molecule has 1 N–H and O–H groups in total. The van der Waals surface area contributed by atoms with Crippen molar-refractivity contribution in [3.63, 3.8) is 0 Å². The minimum absolute atomic E-state index is 0.0434. The van der Waals surface area contributed by atoms with E-state index in [1.165, 1.54) is 6.07 Å². The summed E-state index contributed by atoms with van der Waals surface area (Å²) in [6.45, 7) is 8.28. The minimum Gasteiger partial charge on any atom is -0.365 e. The Labute approximate surface area is 113 Å². The van der Waals surface area contributed by atoms with Crippen molar-refractivity contribution < 1.29 is 4.39 Å². The molecule has 0 aromatic heterocycles. The van der Waals surface area contributed by atoms with Gasteiger partial charge in [0.05, 0.1) is 5.02 Å². The third kappa shape index (κ3) is 2.78. The number of piperazine rings is 1. The largest absolute Gasteiger partial charge is 0.365 e. The van der Waals surface area contributed by atoms with Crippen LogP contribution in [0.2, 0.25) is 5.02 Å². The first-order chi connectivity index (χ1) is 8.43. The molecule has 0 aliphatic carbocycles. The summed E-state index contributed by atoms with van der Waals surface area (Å²) in [7, 11) is 0. The summed E-state index contributed by atoms with van der Waals surface area (Å²) in [5.41, 5.74) is 0.959. The van der Waals surface area contributed by atoms with Gasteiger partial charge in [-0.3, -0.25) is 0 Å². The average Bonchev–Trinajstić information content (AvgIpc) is 2.32. The number of benzene rings is 1. The lowest BCUT2D eigenvalue weighted by molar-refractivity contribution is 0.306. The maximum atomic E-state index is 13.6. The number of hydrogen-bond acceptors (Lipinski definition) is 2. The van der Waals surface area contributed by atoms with Crippen LogP contribution in [-0.2, 0) is 0 Å². The zero-order chi connectivity index (χ0) is 13.3. The summed E-state index contributed by atoms with van der Waals surface area (Å²) in [6, 6.07) is 5.47. The molecule has 0 amide bonds. The van der Waals surface area contributed by atoms with Gasteiger partial charge in [-0.15, -0.1) is 0 Å². The normalized spacial score (nSPS) is 23.2. The summed E-state index contributed by atoms with van der Waals surface area (Å²) in [6.07, 6.45) is 1.04. The van der Waals surface area contributed by atoms with Crippen molar-refractivity contribution in [2.75, 3.05) is 18.0 Å². The fourth-order valence-corrected chi connectivity index (χ4v) is 2.56. The van der Waals surface area contributed by atoms with Crippen LogP contribution >= 0.6 is 11.6 Å². The Bertz CT molecular complexity index is 434. The smallest absolute Gasteiger partial charge is 0.143 e. The number of hydrogen-bond donors (Lipinski definition) is 1. The monoisotopic (exact) mass is 270 g/mol. The topological polar surface area (TPSA) is 15.3 Å². The van der Waals surface area contributed by atoms with E-state index in [0.29, 0.717) is 6.04 Å². The second kappa shape index (κ2) is 5.06. The Kier molecular flexibility index (Phi) is 3.83. The molecular formula is C14H20ClFN2. The highest BCUT2D eigenvalue weighted by Crippen LogP contribution is 2.27. The first-order valence-corrected chi connectivity index (χ1v) is 6.77. The molecule has 1 saturated heterocycles. The van der Waals surface area contributed by atoms with Gasteiger partial charge in [-0.1, -0.05) is 18.5 Å². The molecule has 1 heterocycles. The van der Waals surface area contributed by atoms with E-state index in [4.69, 9.17) is 11.6 Å². The van der Waals surface area contributed by atoms with Crippen LogP contribution in [-0.4, -0.2) is 24.7 Å². The van der Waals surface area contributed by atoms with Gasteiger partial charge < -0.3 is 10.2 Å². The van der Waals surface area contributed by atoms with E-state index >= 15 is 0 Å². The van der Waals surface area contributed by atoms with E-state index in [1.54, 1.807) is 6.07 Å². The number of nitrogens with one attached hydrogen (secondary N) is 1. The summed E-state index contributed by atoms with van der Waals surface area (Å²) >= 11 is 5.74. The number of anilines is 1. The third-order valence-electron chi connectivity index (χ3n) is 3.53. The highest BCUT2D eigenvalue weighted by atomic mass is 35.5. The lowest BCUT2D eigenvalue weighted by Gasteiger charge is -2.45. The van der Waals surface area contributed by atoms with Crippen LogP contribution in [0, 0.1) is 5.82 Å². The van der Waals surface area contributed by atoms with Gasteiger partial charge in [-0.2, -0.15) is 0 Å². The zero-order valence-corrected chi connectivity index (χ0v) is 11.9. The van der Waals surface area contributed by atoms with E-state index < -0.39 is 0 Å². The molecule has 1 aromatic carbocycles. The molecule has 0 spiro atoms. The Hall–Kier alpha value is -0.800. The summed E-state index contributed by atoms with van der Waals surface area (Å²) < 4.78 is 13.6. The molecule has 2 rings (SSSR count). The van der Waals surface area contributed by atoms with Crippen molar-refractivity contribution >= 4 is 17.3 Å². The first-order valence-electron chi connectivity index (χ1n) is 6.39. The van der Waals surface area contributed by atoms with Gasteiger partial charge in [0.1, 0.15) is 5.82 Å². The summed E-state index contributed by atoms with van der Waals surface area (Å²) in [5.74, 6) is -0.347. The van der Waals surface area contributed by atoms with E-state index in [0.717, 1.165) is 25.2 Å². The lowest BCUT2D eigenvalue weighted by Crippen LogP contribution is -2.61. The van der Waals surface area contributed by atoms with E-state index in [-0.39, 0.29) is 16.4 Å². The van der Waals surface area contributed by atoms with Crippen molar-refractivity contribution in [3.05, 3.63) is 29.0 Å². The Morgan fingerprint density at radius 1 is 1.50 bits per heavy atom. The molecule has 4 heteroatoms. The first kappa shape index (κ1) is 13.6. The third-order valence-corrected chi connectivity index (χ3v) is 3.84. The van der Waals surface area contributed by atoms with Crippen LogP contribution < -0.4 is 10.2 Å². The lowest BCUT2D eigenvalue weighted by atomic mass is 9.97. The molecule has 1 aliphatic rings. The van der Waals surface area contributed by atoms with E-state index in [2.05, 4.69) is 31.0 Å². The predicted octanol–water partition coefficient (Wildman–Crippen LogP) is 3.45. The second-order valence-corrected chi connectivity index (χ2v) is 5.96. The molecule has 2 nitrogen and oxygen atoms in total. The van der Waals surface area contributed by atoms with Crippen LogP contribution in [0.3, 0.4) is 0 Å². The van der Waals surface area contributed by atoms with Crippen LogP contribution in [0.15, 0.2) is 18.2 Å². The molecule has 1 atom stereocenters. The molecule has 18 heavy (non-hydrogen) atoms. The molecule has 1 fully saturated rings. The number of rotatable bonds is 2. The molecule has 1 aromatic rings. The summed E-state index contributed by atoms with van der Waals surface area (Å²) in [5, 5.41) is 3.71. The van der Waals surface area contributed by atoms with Crippen LogP contribution in [0.4, 0.5) is 10.1 Å². The standard InChI is InChI=1S/C14H20ClFN2/c1-4-10-8-17-14(2,3)9-18(10)11-5-6-12(15)13(16)7-11/h5-7,10,17H,4,8-9H2,1-3H3. The fraction of sp³-hybridized carbons (Fsp3) is 0.571. The van der Waals surface area contributed by atoms with Gasteiger partial charge in [-0.05, 0) is 38.5 Å². The SMILES string of the molecule is CCC1CNC(C)(C)CN1c1ccc(Cl)c(F)c1. The quantitative estimate of drug-likeness (QED) is 0.886. The maximum absolute atomic E-state index is 13.6. The van der Waals surface area contributed by atoms with E-state index in [1.807, 2.05) is 6.07 Å². The van der Waals surface area contributed by atoms with Crippen molar-refractivity contribution in [3.8, 4) is 0 Å². The molecule has 0 radical (unpaired) electrons. The van der Waals surface area contributed by atoms with Gasteiger partial charge in [-0.25, -0.2) is 4.39 Å². The molecule has 0 bridgehead atoms. The predicted molar refractivity (Wildman–Crippen MR) is 74.9 cm³/mol. The Morgan fingerprint density at radius 3 is 2.83 bits per heavy atom. The van der Waals surface area contributed by atoms with E-state index in [9.17, 15) is 4.39 Å². The second-order valence-electron chi connectivity index (χ2n) is 5.55. The number of nitrogens with zero attached hydrogens (tertiary/aromatic N) is 1. The summed E-state index contributed by atoms with van der Waals surface area (Å²) in [4.78, 5) is 2.27. The van der Waals surface area contributed by atoms with Gasteiger partial charge in [0.25, 0.3) is 0 Å². The van der Waals surface area contributed by atoms with Crippen molar-refractivity contribution in [1.82, 2.24) is 5.32 Å². The highest BCUT2D eigenvalue weighted by molar-refractivity contribution is 6.30. The highest BCUT2D eigenvalue weighted by Gasteiger charge is 2.31.